The molecule has 3 nitrogen and oxygen atoms in total. The monoisotopic (exact) mass is 1400 g/mol. The van der Waals surface area contributed by atoms with Crippen LogP contribution in [0.2, 0.25) is 0 Å². The van der Waals surface area contributed by atoms with Crippen LogP contribution in [0.15, 0.2) is 340 Å². The van der Waals surface area contributed by atoms with Crippen LogP contribution in [0.3, 0.4) is 0 Å². The van der Waals surface area contributed by atoms with E-state index in [4.69, 9.17) is 15.0 Å². The largest absolute Gasteiger partial charge is 0.256 e. The highest BCUT2D eigenvalue weighted by molar-refractivity contribution is 6.02. The van der Waals surface area contributed by atoms with Crippen molar-refractivity contribution in [3.05, 3.63) is 379 Å². The Morgan fingerprint density at radius 1 is 0.183 bits per heavy atom. The first-order valence-electron chi connectivity index (χ1n) is 38.3. The van der Waals surface area contributed by atoms with Crippen LogP contribution in [-0.4, -0.2) is 15.0 Å². The van der Waals surface area contributed by atoms with Gasteiger partial charge in [0, 0.05) is 51.5 Å². The van der Waals surface area contributed by atoms with Gasteiger partial charge in [-0.2, -0.15) is 0 Å². The first-order chi connectivity index (χ1) is 52.9. The molecule has 0 N–H and O–H groups in total. The van der Waals surface area contributed by atoms with Crippen molar-refractivity contribution >= 4 is 0 Å². The Labute approximate surface area is 641 Å². The van der Waals surface area contributed by atoms with Gasteiger partial charge < -0.3 is 0 Å². The molecule has 522 valence electrons. The summed E-state index contributed by atoms with van der Waals surface area (Å²) in [6, 6.07) is 121. The maximum absolute atomic E-state index is 5.10. The van der Waals surface area contributed by atoms with Crippen LogP contribution in [0.1, 0.15) is 101 Å². The maximum Gasteiger partial charge on any atom is 0.0705 e. The topological polar surface area (TPSA) is 38.7 Å². The van der Waals surface area contributed by atoms with E-state index in [-0.39, 0.29) is 21.7 Å². The highest BCUT2D eigenvalue weighted by atomic mass is 14.7. The Balaban J connectivity index is 0.840. The molecular formula is C106H83N3. The number of pyridine rings is 3. The average molecular weight is 1400 g/mol. The fourth-order valence-electron chi connectivity index (χ4n) is 18.3. The van der Waals surface area contributed by atoms with Gasteiger partial charge in [0.1, 0.15) is 0 Å². The van der Waals surface area contributed by atoms with Gasteiger partial charge in [0.15, 0.2) is 0 Å². The van der Waals surface area contributed by atoms with Gasteiger partial charge in [0.25, 0.3) is 0 Å². The Bertz CT molecular complexity index is 6100. The van der Waals surface area contributed by atoms with Crippen molar-refractivity contribution in [2.24, 2.45) is 0 Å². The van der Waals surface area contributed by atoms with Crippen molar-refractivity contribution in [1.82, 2.24) is 15.0 Å². The van der Waals surface area contributed by atoms with Crippen LogP contribution >= 0.6 is 0 Å². The minimum atomic E-state index is -0.206. The Kier molecular flexibility index (Phi) is 15.8. The lowest BCUT2D eigenvalue weighted by atomic mass is 9.80. The smallest absolute Gasteiger partial charge is 0.0705 e. The molecule has 16 aromatic rings. The first kappa shape index (κ1) is 67.0. The van der Waals surface area contributed by atoms with E-state index >= 15 is 0 Å². The van der Waals surface area contributed by atoms with E-state index in [1.54, 1.807) is 0 Å². The molecule has 0 aliphatic heterocycles. The van der Waals surface area contributed by atoms with Crippen molar-refractivity contribution in [3.8, 4) is 167 Å². The molecule has 0 bridgehead atoms. The molecule has 109 heavy (non-hydrogen) atoms. The normalized spacial score (nSPS) is 13.8. The molecule has 3 heterocycles. The van der Waals surface area contributed by atoms with Crippen molar-refractivity contribution < 1.29 is 0 Å². The van der Waals surface area contributed by atoms with E-state index in [0.29, 0.717) is 0 Å². The van der Waals surface area contributed by atoms with Gasteiger partial charge in [-0.05, 0) is 269 Å². The second kappa shape index (κ2) is 25.8. The molecule has 3 aliphatic carbocycles. The second-order valence-corrected chi connectivity index (χ2v) is 32.6. The Hall–Kier alpha value is -12.7. The summed E-state index contributed by atoms with van der Waals surface area (Å²) in [7, 11) is 0. The van der Waals surface area contributed by atoms with Crippen molar-refractivity contribution in [2.75, 3.05) is 0 Å². The third-order valence-corrected chi connectivity index (χ3v) is 24.1. The summed E-state index contributed by atoms with van der Waals surface area (Å²) in [6.45, 7) is 21.1. The maximum atomic E-state index is 5.10. The lowest BCUT2D eigenvalue weighted by Crippen LogP contribution is -2.14. The molecule has 0 saturated heterocycles. The number of aromatic nitrogens is 3. The first-order valence-corrected chi connectivity index (χ1v) is 38.3. The van der Waals surface area contributed by atoms with Gasteiger partial charge >= 0.3 is 0 Å². The summed E-state index contributed by atoms with van der Waals surface area (Å²) in [4.78, 5) is 15.0. The van der Waals surface area contributed by atoms with Crippen LogP contribution in [-0.2, 0) is 21.7 Å². The van der Waals surface area contributed by atoms with E-state index < -0.39 is 0 Å². The van der Waals surface area contributed by atoms with E-state index in [9.17, 15) is 0 Å². The third-order valence-electron chi connectivity index (χ3n) is 24.1. The molecule has 0 amide bonds. The van der Waals surface area contributed by atoms with Crippen molar-refractivity contribution in [2.45, 2.75) is 84.0 Å². The summed E-state index contributed by atoms with van der Waals surface area (Å²) in [5.74, 6) is 0. The van der Waals surface area contributed by atoms with Crippen molar-refractivity contribution in [3.63, 3.8) is 0 Å². The molecule has 0 saturated carbocycles. The SMILES string of the molecule is CC(C)(C)c1ccnc(-c2ccc(-c3ccccc3-c3cc(-c4ccccc4-c4ccc(-c5ccccn5)cc4-c4ccc5c(c4)C(C)(C)c4ccccc4-5)cc(-c4ccccc4-c4ccc(-c5ccccn5)cc4-c4ccc5c(c4)C(C)(C)c4ccccc4-5)c3)c(-c3ccc4c(c3)C(C)(C)c3ccccc3-4)c2)c1. The Morgan fingerprint density at radius 2 is 0.450 bits per heavy atom. The summed E-state index contributed by atoms with van der Waals surface area (Å²) >= 11 is 0. The quantitative estimate of drug-likeness (QED) is 0.122. The standard InChI is InChI=1S/C106H83N3/c1-103(2,3)75-52-55-109-102(65-75)71-45-48-84(93(61-71)68-42-51-90-87-34-18-21-37-96(87)106(8,9)99(90)64-68)81-31-15-12-28-78(81)74-57-72(76-26-10-13-29-79(76)82-46-43-69(100-38-22-24-53-107-100)59-91(82)66-40-49-88-85-32-16-19-35-94(85)104(4,5)97(88)62-66)56-73(58-74)77-27-11-14-30-80(77)83-47-44-70(101-39-23-25-54-108-101)60-92(83)67-41-50-89-86-33-17-20-36-95(86)105(6,7)98(89)63-67/h10-65H,1-9H3. The highest BCUT2D eigenvalue weighted by Gasteiger charge is 2.39. The molecule has 19 rings (SSSR count). The summed E-state index contributed by atoms with van der Waals surface area (Å²) in [5.41, 5.74) is 42.9. The zero-order chi connectivity index (χ0) is 74.1. The highest BCUT2D eigenvalue weighted by Crippen LogP contribution is 2.56. The minimum absolute atomic E-state index is 0.0608. The van der Waals surface area contributed by atoms with Gasteiger partial charge in [-0.25, -0.2) is 0 Å². The summed E-state index contributed by atoms with van der Waals surface area (Å²) in [5, 5.41) is 0. The number of nitrogens with zero attached hydrogens (tertiary/aromatic N) is 3. The molecule has 0 radical (unpaired) electrons. The predicted molar refractivity (Wildman–Crippen MR) is 456 cm³/mol. The fourth-order valence-corrected chi connectivity index (χ4v) is 18.3. The average Bonchev–Trinajstić information content (AvgIpc) is 1.56. The number of rotatable bonds is 12. The van der Waals surface area contributed by atoms with Gasteiger partial charge in [0.2, 0.25) is 0 Å². The Morgan fingerprint density at radius 3 is 0.780 bits per heavy atom. The third kappa shape index (κ3) is 11.3. The summed E-state index contributed by atoms with van der Waals surface area (Å²) in [6.07, 6.45) is 5.77. The van der Waals surface area contributed by atoms with Crippen LogP contribution in [0, 0.1) is 0 Å². The molecule has 13 aromatic carbocycles. The molecular weight excluding hydrogens is 1320 g/mol. The van der Waals surface area contributed by atoms with Crippen LogP contribution < -0.4 is 0 Å². The van der Waals surface area contributed by atoms with E-state index in [2.05, 4.69) is 372 Å². The van der Waals surface area contributed by atoms with Gasteiger partial charge in [-0.3, -0.25) is 15.0 Å². The molecule has 3 aromatic heterocycles. The van der Waals surface area contributed by atoms with Crippen LogP contribution in [0.25, 0.3) is 167 Å². The molecule has 3 aliphatic rings. The van der Waals surface area contributed by atoms with Gasteiger partial charge in [0.05, 0.1) is 17.1 Å². The number of hydrogen-bond acceptors (Lipinski definition) is 3. The van der Waals surface area contributed by atoms with Gasteiger partial charge in [-0.15, -0.1) is 0 Å². The second-order valence-electron chi connectivity index (χ2n) is 32.6. The molecule has 0 fully saturated rings. The van der Waals surface area contributed by atoms with E-state index in [1.807, 2.05) is 30.7 Å². The fraction of sp³-hybridized carbons (Fsp3) is 0.123. The number of fused-ring (bicyclic) bond motifs is 9. The van der Waals surface area contributed by atoms with Crippen LogP contribution in [0.5, 0.6) is 0 Å². The lowest BCUT2D eigenvalue weighted by molar-refractivity contribution is 0.589. The van der Waals surface area contributed by atoms with Crippen molar-refractivity contribution in [1.29, 1.82) is 0 Å². The molecule has 0 atom stereocenters. The molecule has 3 heteroatoms. The predicted octanol–water partition coefficient (Wildman–Crippen LogP) is 28.1. The number of benzene rings is 13. The zero-order valence-electron chi connectivity index (χ0n) is 63.2. The lowest BCUT2D eigenvalue weighted by Gasteiger charge is -2.23. The summed E-state index contributed by atoms with van der Waals surface area (Å²) < 4.78 is 0. The van der Waals surface area contributed by atoms with Gasteiger partial charge in [-0.1, -0.05) is 293 Å². The molecule has 0 unspecified atom stereocenters. The molecule has 0 spiro atoms. The number of hydrogen-bond donors (Lipinski definition) is 0. The van der Waals surface area contributed by atoms with E-state index in [0.717, 1.165) is 128 Å². The minimum Gasteiger partial charge on any atom is -0.256 e. The van der Waals surface area contributed by atoms with E-state index in [1.165, 1.54) is 77.9 Å². The van der Waals surface area contributed by atoms with Crippen LogP contribution in [0.4, 0.5) is 0 Å². The zero-order valence-corrected chi connectivity index (χ0v) is 63.2.